The van der Waals surface area contributed by atoms with Crippen LogP contribution in [0.1, 0.15) is 25.6 Å². The Morgan fingerprint density at radius 1 is 1.47 bits per heavy atom. The first-order valence-corrected chi connectivity index (χ1v) is 7.21. The molecule has 19 heavy (non-hydrogen) atoms. The van der Waals surface area contributed by atoms with Crippen LogP contribution < -0.4 is 5.73 Å². The Labute approximate surface area is 114 Å². The van der Waals surface area contributed by atoms with E-state index in [4.69, 9.17) is 5.73 Å². The number of nitrogens with two attached hydrogens (primary N) is 1. The van der Waals surface area contributed by atoms with E-state index in [9.17, 15) is 0 Å². The summed E-state index contributed by atoms with van der Waals surface area (Å²) in [7, 11) is 0. The number of imidazole rings is 1. The SMILES string of the molecule is CCC1CCN(CCc2nc3ccc(N)cc3[nH]2)C1. The van der Waals surface area contributed by atoms with Crippen LogP contribution in [0.3, 0.4) is 0 Å². The van der Waals surface area contributed by atoms with Gasteiger partial charge in [-0.05, 0) is 37.1 Å². The van der Waals surface area contributed by atoms with Crippen LogP contribution in [0.5, 0.6) is 0 Å². The lowest BCUT2D eigenvalue weighted by Gasteiger charge is -2.14. The fourth-order valence-electron chi connectivity index (χ4n) is 2.91. The second kappa shape index (κ2) is 5.21. The number of aromatic nitrogens is 2. The van der Waals surface area contributed by atoms with Gasteiger partial charge in [0, 0.05) is 25.2 Å². The Bertz CT molecular complexity index is 560. The zero-order valence-corrected chi connectivity index (χ0v) is 11.5. The summed E-state index contributed by atoms with van der Waals surface area (Å²) >= 11 is 0. The molecule has 1 unspecified atom stereocenters. The van der Waals surface area contributed by atoms with Crippen LogP contribution in [-0.4, -0.2) is 34.5 Å². The molecule has 102 valence electrons. The Kier molecular flexibility index (Phi) is 3.42. The highest BCUT2D eigenvalue weighted by molar-refractivity contribution is 5.78. The minimum absolute atomic E-state index is 0.785. The number of benzene rings is 1. The summed E-state index contributed by atoms with van der Waals surface area (Å²) in [5.41, 5.74) is 8.62. The zero-order chi connectivity index (χ0) is 13.2. The molecular weight excluding hydrogens is 236 g/mol. The minimum atomic E-state index is 0.785. The van der Waals surface area contributed by atoms with Crippen LogP contribution >= 0.6 is 0 Å². The molecule has 1 atom stereocenters. The van der Waals surface area contributed by atoms with Gasteiger partial charge in [0.25, 0.3) is 0 Å². The molecule has 0 radical (unpaired) electrons. The molecule has 0 aliphatic carbocycles. The van der Waals surface area contributed by atoms with Gasteiger partial charge >= 0.3 is 0 Å². The van der Waals surface area contributed by atoms with E-state index in [0.29, 0.717) is 0 Å². The highest BCUT2D eigenvalue weighted by Gasteiger charge is 2.20. The fourth-order valence-corrected chi connectivity index (χ4v) is 2.91. The van der Waals surface area contributed by atoms with Crippen LogP contribution in [0.2, 0.25) is 0 Å². The number of nitrogens with one attached hydrogen (secondary N) is 1. The lowest BCUT2D eigenvalue weighted by Crippen LogP contribution is -2.23. The highest BCUT2D eigenvalue weighted by atomic mass is 15.1. The monoisotopic (exact) mass is 258 g/mol. The molecule has 4 nitrogen and oxygen atoms in total. The van der Waals surface area contributed by atoms with Gasteiger partial charge in [-0.15, -0.1) is 0 Å². The van der Waals surface area contributed by atoms with Crippen LogP contribution in [-0.2, 0) is 6.42 Å². The number of H-pyrrole nitrogens is 1. The Morgan fingerprint density at radius 2 is 2.37 bits per heavy atom. The number of hydrogen-bond acceptors (Lipinski definition) is 3. The molecular formula is C15H22N4. The molecule has 1 fully saturated rings. The van der Waals surface area contributed by atoms with E-state index in [-0.39, 0.29) is 0 Å². The summed E-state index contributed by atoms with van der Waals surface area (Å²) in [6.07, 6.45) is 3.65. The van der Waals surface area contributed by atoms with Crippen LogP contribution in [0.25, 0.3) is 11.0 Å². The summed E-state index contributed by atoms with van der Waals surface area (Å²) in [6, 6.07) is 5.84. The predicted octanol–water partition coefficient (Wildman–Crippen LogP) is 2.42. The van der Waals surface area contributed by atoms with Gasteiger partial charge in [0.2, 0.25) is 0 Å². The van der Waals surface area contributed by atoms with Crippen molar-refractivity contribution in [3.05, 3.63) is 24.0 Å². The molecule has 1 aliphatic heterocycles. The van der Waals surface area contributed by atoms with Crippen molar-refractivity contribution in [2.24, 2.45) is 5.92 Å². The Morgan fingerprint density at radius 3 is 3.16 bits per heavy atom. The molecule has 3 rings (SSSR count). The molecule has 0 bridgehead atoms. The maximum absolute atomic E-state index is 5.78. The summed E-state index contributed by atoms with van der Waals surface area (Å²) in [6.45, 7) is 5.89. The van der Waals surface area contributed by atoms with Crippen LogP contribution in [0.4, 0.5) is 5.69 Å². The standard InChI is InChI=1S/C15H22N4/c1-2-11-5-7-19(10-11)8-6-15-17-13-4-3-12(16)9-14(13)18-15/h3-4,9,11H,2,5-8,10,16H2,1H3,(H,17,18). The van der Waals surface area contributed by atoms with Crippen molar-refractivity contribution in [1.82, 2.24) is 14.9 Å². The maximum atomic E-state index is 5.78. The highest BCUT2D eigenvalue weighted by Crippen LogP contribution is 2.19. The van der Waals surface area contributed by atoms with Gasteiger partial charge in [-0.3, -0.25) is 0 Å². The molecule has 2 aromatic rings. The van der Waals surface area contributed by atoms with E-state index in [1.54, 1.807) is 0 Å². The van der Waals surface area contributed by atoms with Crippen molar-refractivity contribution in [1.29, 1.82) is 0 Å². The molecule has 2 heterocycles. The third-order valence-corrected chi connectivity index (χ3v) is 4.17. The van der Waals surface area contributed by atoms with E-state index in [1.807, 2.05) is 18.2 Å². The van der Waals surface area contributed by atoms with E-state index in [0.717, 1.165) is 41.4 Å². The third-order valence-electron chi connectivity index (χ3n) is 4.17. The zero-order valence-electron chi connectivity index (χ0n) is 11.5. The number of fused-ring (bicyclic) bond motifs is 1. The second-order valence-electron chi connectivity index (χ2n) is 5.57. The van der Waals surface area contributed by atoms with E-state index in [2.05, 4.69) is 21.8 Å². The lowest BCUT2D eigenvalue weighted by molar-refractivity contribution is 0.325. The van der Waals surface area contributed by atoms with Gasteiger partial charge in [-0.25, -0.2) is 4.98 Å². The Hall–Kier alpha value is -1.55. The maximum Gasteiger partial charge on any atom is 0.108 e. The summed E-state index contributed by atoms with van der Waals surface area (Å²) in [5, 5.41) is 0. The summed E-state index contributed by atoms with van der Waals surface area (Å²) < 4.78 is 0. The summed E-state index contributed by atoms with van der Waals surface area (Å²) in [5.74, 6) is 1.97. The molecule has 1 aromatic carbocycles. The third kappa shape index (κ3) is 2.73. The topological polar surface area (TPSA) is 57.9 Å². The van der Waals surface area contributed by atoms with Gasteiger partial charge in [-0.2, -0.15) is 0 Å². The average Bonchev–Trinajstić information content (AvgIpc) is 3.01. The molecule has 1 saturated heterocycles. The minimum Gasteiger partial charge on any atom is -0.399 e. The fraction of sp³-hybridized carbons (Fsp3) is 0.533. The number of nitrogens with zero attached hydrogens (tertiary/aromatic N) is 2. The van der Waals surface area contributed by atoms with Crippen molar-refractivity contribution < 1.29 is 0 Å². The predicted molar refractivity (Wildman–Crippen MR) is 79.0 cm³/mol. The van der Waals surface area contributed by atoms with Crippen molar-refractivity contribution in [2.45, 2.75) is 26.2 Å². The van der Waals surface area contributed by atoms with Crippen molar-refractivity contribution >= 4 is 16.7 Å². The van der Waals surface area contributed by atoms with E-state index in [1.165, 1.54) is 25.9 Å². The number of likely N-dealkylation sites (tertiary alicyclic amines) is 1. The normalized spacial score (nSPS) is 20.4. The van der Waals surface area contributed by atoms with Crippen LogP contribution in [0, 0.1) is 5.92 Å². The van der Waals surface area contributed by atoms with Crippen LogP contribution in [0.15, 0.2) is 18.2 Å². The van der Waals surface area contributed by atoms with Gasteiger partial charge in [0.05, 0.1) is 11.0 Å². The molecule has 4 heteroatoms. The molecule has 1 aromatic heterocycles. The molecule has 3 N–H and O–H groups in total. The van der Waals surface area contributed by atoms with E-state index >= 15 is 0 Å². The average molecular weight is 258 g/mol. The number of anilines is 1. The summed E-state index contributed by atoms with van der Waals surface area (Å²) in [4.78, 5) is 10.5. The van der Waals surface area contributed by atoms with Crippen molar-refractivity contribution in [3.8, 4) is 0 Å². The number of hydrogen-bond donors (Lipinski definition) is 2. The quantitative estimate of drug-likeness (QED) is 0.828. The number of nitrogen functional groups attached to an aromatic ring is 1. The Balaban J connectivity index is 1.62. The smallest absolute Gasteiger partial charge is 0.108 e. The molecule has 0 amide bonds. The lowest BCUT2D eigenvalue weighted by atomic mass is 10.1. The van der Waals surface area contributed by atoms with Crippen molar-refractivity contribution in [2.75, 3.05) is 25.4 Å². The van der Waals surface area contributed by atoms with E-state index < -0.39 is 0 Å². The van der Waals surface area contributed by atoms with Gasteiger partial charge in [-0.1, -0.05) is 13.3 Å². The molecule has 0 spiro atoms. The first-order chi connectivity index (χ1) is 9.24. The number of aromatic amines is 1. The van der Waals surface area contributed by atoms with Gasteiger partial charge < -0.3 is 15.6 Å². The van der Waals surface area contributed by atoms with Crippen molar-refractivity contribution in [3.63, 3.8) is 0 Å². The second-order valence-corrected chi connectivity index (χ2v) is 5.57. The molecule has 1 aliphatic rings. The molecule has 0 saturated carbocycles. The van der Waals surface area contributed by atoms with Gasteiger partial charge in [0.15, 0.2) is 0 Å². The largest absolute Gasteiger partial charge is 0.399 e. The first-order valence-electron chi connectivity index (χ1n) is 7.21. The van der Waals surface area contributed by atoms with Gasteiger partial charge in [0.1, 0.15) is 5.82 Å². The number of rotatable bonds is 4. The first kappa shape index (κ1) is 12.5.